The molecule has 0 bridgehead atoms. The van der Waals surface area contributed by atoms with Crippen LogP contribution in [0.15, 0.2) is 22.4 Å². The molecule has 0 amide bonds. The maximum absolute atomic E-state index is 9.78. The number of nitrogens with two attached hydrogens (primary N) is 1. The lowest BCUT2D eigenvalue weighted by Crippen LogP contribution is -2.44. The summed E-state index contributed by atoms with van der Waals surface area (Å²) in [5, 5.41) is 28.3. The van der Waals surface area contributed by atoms with Crippen LogP contribution < -0.4 is 5.73 Å². The number of hydrogen-bond acceptors (Lipinski definition) is 8. The van der Waals surface area contributed by atoms with Crippen LogP contribution in [-0.2, 0) is 4.74 Å². The fraction of sp³-hybridized carbons (Fsp3) is 0.556. The molecule has 2 rings (SSSR count). The minimum absolute atomic E-state index is 0.0537. The molecule has 2 aliphatic rings. The predicted octanol–water partition coefficient (Wildman–Crippen LogP) is -2.44. The van der Waals surface area contributed by atoms with Crippen LogP contribution in [0.2, 0.25) is 0 Å². The van der Waals surface area contributed by atoms with E-state index in [1.54, 1.807) is 0 Å². The van der Waals surface area contributed by atoms with Crippen LogP contribution in [0, 0.1) is 0 Å². The lowest BCUT2D eigenvalue weighted by Gasteiger charge is -2.29. The largest absolute Gasteiger partial charge is 0.394 e. The van der Waals surface area contributed by atoms with Gasteiger partial charge in [0.05, 0.1) is 6.61 Å². The van der Waals surface area contributed by atoms with E-state index < -0.39 is 31.1 Å². The van der Waals surface area contributed by atoms with Gasteiger partial charge in [-0.15, -0.1) is 0 Å². The molecule has 0 saturated carbocycles. The Bertz CT molecular complexity index is 383. The summed E-state index contributed by atoms with van der Waals surface area (Å²) in [6.45, 7) is 3.24. The zero-order valence-corrected chi connectivity index (χ0v) is 8.97. The Labute approximate surface area is 97.3 Å². The molecule has 0 aromatic heterocycles. The molecule has 4 atom stereocenters. The number of hydrogen-bond donors (Lipinski definition) is 4. The topological polar surface area (TPSA) is 124 Å². The first-order chi connectivity index (χ1) is 8.04. The molecule has 94 valence electrons. The predicted molar refractivity (Wildman–Crippen MR) is 58.9 cm³/mol. The van der Waals surface area contributed by atoms with Crippen LogP contribution in [0.1, 0.15) is 0 Å². The highest BCUT2D eigenvalue weighted by atomic mass is 16.6. The molecule has 0 radical (unpaired) electrons. The van der Waals surface area contributed by atoms with Gasteiger partial charge < -0.3 is 25.8 Å². The van der Waals surface area contributed by atoms with Crippen LogP contribution in [0.3, 0.4) is 0 Å². The van der Waals surface area contributed by atoms with Crippen molar-refractivity contribution in [1.29, 1.82) is 0 Å². The van der Waals surface area contributed by atoms with Crippen molar-refractivity contribution in [3.63, 3.8) is 0 Å². The number of aliphatic hydroxyl groups excluding tert-OH is 3. The molecule has 17 heavy (non-hydrogen) atoms. The lowest BCUT2D eigenvalue weighted by atomic mass is 10.1. The third kappa shape index (κ3) is 2.03. The van der Waals surface area contributed by atoms with E-state index in [0.717, 1.165) is 0 Å². The van der Waals surface area contributed by atoms with Crippen molar-refractivity contribution in [2.24, 2.45) is 15.7 Å². The molecule has 1 saturated heterocycles. The van der Waals surface area contributed by atoms with Gasteiger partial charge in [0, 0.05) is 0 Å². The number of aliphatic hydroxyl groups is 3. The standard InChI is InChI=1S/C9H14N4O4/c1-4-12-9(10)11-3-13(4)8-7(16)6(15)5(2-14)17-8/h3,5-8,14-16H,1-2H2,(H2,10,12)/t5-,6?,7+,8+/m1/s1. The summed E-state index contributed by atoms with van der Waals surface area (Å²) in [5.74, 6) is 0.297. The first-order valence-electron chi connectivity index (χ1n) is 5.02. The van der Waals surface area contributed by atoms with Crippen LogP contribution in [0.5, 0.6) is 0 Å². The Morgan fingerprint density at radius 2 is 2.18 bits per heavy atom. The number of nitrogens with zero attached hydrogens (tertiary/aromatic N) is 3. The molecule has 1 unspecified atom stereocenters. The summed E-state index contributed by atoms with van der Waals surface area (Å²) in [5.41, 5.74) is 5.37. The van der Waals surface area contributed by atoms with Gasteiger partial charge in [-0.2, -0.15) is 4.99 Å². The quantitative estimate of drug-likeness (QED) is 0.426. The summed E-state index contributed by atoms with van der Waals surface area (Å²) in [6, 6.07) is 0. The molecule has 8 nitrogen and oxygen atoms in total. The van der Waals surface area contributed by atoms with E-state index in [1.165, 1.54) is 11.2 Å². The van der Waals surface area contributed by atoms with Crippen molar-refractivity contribution in [1.82, 2.24) is 4.90 Å². The van der Waals surface area contributed by atoms with Crippen molar-refractivity contribution in [2.45, 2.75) is 24.5 Å². The van der Waals surface area contributed by atoms with Crippen molar-refractivity contribution in [2.75, 3.05) is 6.61 Å². The van der Waals surface area contributed by atoms with E-state index in [-0.39, 0.29) is 11.8 Å². The fourth-order valence-electron chi connectivity index (χ4n) is 1.73. The zero-order valence-electron chi connectivity index (χ0n) is 8.97. The highest BCUT2D eigenvalue weighted by molar-refractivity contribution is 5.89. The Balaban J connectivity index is 2.15. The summed E-state index contributed by atoms with van der Waals surface area (Å²) < 4.78 is 5.29. The molecule has 2 heterocycles. The monoisotopic (exact) mass is 242 g/mol. The van der Waals surface area contributed by atoms with Gasteiger partial charge in [-0.25, -0.2) is 4.99 Å². The number of aliphatic imine (C=N–C) groups is 2. The second kappa shape index (κ2) is 4.41. The molecule has 0 aliphatic carbocycles. The second-order valence-electron chi connectivity index (χ2n) is 3.77. The van der Waals surface area contributed by atoms with Gasteiger partial charge in [0.2, 0.25) is 5.96 Å². The average molecular weight is 242 g/mol. The first kappa shape index (κ1) is 12.0. The Kier molecular flexibility index (Phi) is 3.11. The summed E-state index contributed by atoms with van der Waals surface area (Å²) in [7, 11) is 0. The van der Waals surface area contributed by atoms with Crippen LogP contribution in [-0.4, -0.2) is 63.7 Å². The van der Waals surface area contributed by atoms with E-state index in [2.05, 4.69) is 16.6 Å². The molecular formula is C9H14N4O4. The van der Waals surface area contributed by atoms with Crippen molar-refractivity contribution in [3.8, 4) is 0 Å². The summed E-state index contributed by atoms with van der Waals surface area (Å²) in [4.78, 5) is 8.91. The van der Waals surface area contributed by atoms with Gasteiger partial charge in [-0.1, -0.05) is 6.58 Å². The maximum Gasteiger partial charge on any atom is 0.223 e. The normalized spacial score (nSPS) is 37.5. The van der Waals surface area contributed by atoms with E-state index in [4.69, 9.17) is 15.6 Å². The molecule has 1 fully saturated rings. The van der Waals surface area contributed by atoms with Gasteiger partial charge in [0.25, 0.3) is 0 Å². The highest BCUT2D eigenvalue weighted by Crippen LogP contribution is 2.26. The number of ether oxygens (including phenoxy) is 1. The molecule has 0 aromatic rings. The first-order valence-corrected chi connectivity index (χ1v) is 5.02. The highest BCUT2D eigenvalue weighted by Gasteiger charge is 2.45. The number of guanidine groups is 1. The lowest BCUT2D eigenvalue weighted by molar-refractivity contribution is -0.0607. The molecule has 8 heteroatoms. The van der Waals surface area contributed by atoms with Gasteiger partial charge in [-0.3, -0.25) is 4.90 Å². The fourth-order valence-corrected chi connectivity index (χ4v) is 1.73. The minimum Gasteiger partial charge on any atom is -0.394 e. The summed E-state index contributed by atoms with van der Waals surface area (Å²) >= 11 is 0. The summed E-state index contributed by atoms with van der Waals surface area (Å²) in [6.07, 6.45) is -2.79. The van der Waals surface area contributed by atoms with E-state index >= 15 is 0 Å². The van der Waals surface area contributed by atoms with Gasteiger partial charge in [-0.05, 0) is 0 Å². The van der Waals surface area contributed by atoms with Gasteiger partial charge in [0.1, 0.15) is 30.5 Å². The zero-order chi connectivity index (χ0) is 12.6. The van der Waals surface area contributed by atoms with E-state index in [9.17, 15) is 10.2 Å². The van der Waals surface area contributed by atoms with Crippen LogP contribution >= 0.6 is 0 Å². The van der Waals surface area contributed by atoms with E-state index in [1.807, 2.05) is 0 Å². The molecule has 0 aromatic carbocycles. The Morgan fingerprint density at radius 1 is 1.47 bits per heavy atom. The van der Waals surface area contributed by atoms with Crippen molar-refractivity contribution < 1.29 is 20.1 Å². The second-order valence-corrected chi connectivity index (χ2v) is 3.77. The maximum atomic E-state index is 9.78. The van der Waals surface area contributed by atoms with Crippen molar-refractivity contribution >= 4 is 12.3 Å². The Hall–Kier alpha value is -1.48. The van der Waals surface area contributed by atoms with E-state index in [0.29, 0.717) is 0 Å². The third-order valence-electron chi connectivity index (χ3n) is 2.65. The van der Waals surface area contributed by atoms with Gasteiger partial charge in [0.15, 0.2) is 6.23 Å². The minimum atomic E-state index is -1.19. The Morgan fingerprint density at radius 3 is 2.71 bits per heavy atom. The molecule has 2 aliphatic heterocycles. The molecule has 0 spiro atoms. The smallest absolute Gasteiger partial charge is 0.223 e. The molecular weight excluding hydrogens is 228 g/mol. The van der Waals surface area contributed by atoms with Gasteiger partial charge >= 0.3 is 0 Å². The van der Waals surface area contributed by atoms with Crippen molar-refractivity contribution in [3.05, 3.63) is 12.4 Å². The van der Waals surface area contributed by atoms with Crippen LogP contribution in [0.4, 0.5) is 0 Å². The van der Waals surface area contributed by atoms with Crippen LogP contribution in [0.25, 0.3) is 0 Å². The third-order valence-corrected chi connectivity index (χ3v) is 2.65. The molecule has 5 N–H and O–H groups in total. The number of rotatable bonds is 2. The SMILES string of the molecule is C=C1N=C(N)N=CN1[C@H]1O[C@H](CO)C(O)[C@@H]1O. The average Bonchev–Trinajstić information content (AvgIpc) is 2.57.